The molecular formula is C27H33N3O4. The molecule has 0 radical (unpaired) electrons. The average Bonchev–Trinajstić information content (AvgIpc) is 3.50. The predicted molar refractivity (Wildman–Crippen MR) is 130 cm³/mol. The van der Waals surface area contributed by atoms with E-state index in [4.69, 9.17) is 19.3 Å². The number of hydrogen-bond donors (Lipinski definition) is 0. The van der Waals surface area contributed by atoms with E-state index in [9.17, 15) is 4.79 Å². The number of methoxy groups -OCH3 is 1. The number of hydrogen-bond acceptors (Lipinski definition) is 6. The molecule has 2 saturated heterocycles. The van der Waals surface area contributed by atoms with E-state index in [0.29, 0.717) is 26.2 Å². The van der Waals surface area contributed by atoms with E-state index in [-0.39, 0.29) is 11.9 Å². The molecule has 3 heterocycles. The van der Waals surface area contributed by atoms with Crippen molar-refractivity contribution in [2.24, 2.45) is 5.10 Å². The van der Waals surface area contributed by atoms with E-state index >= 15 is 0 Å². The number of carbonyl (C=O) groups excluding carboxylic acids is 1. The summed E-state index contributed by atoms with van der Waals surface area (Å²) in [6, 6.07) is 14.2. The quantitative estimate of drug-likeness (QED) is 0.675. The van der Waals surface area contributed by atoms with E-state index < -0.39 is 5.79 Å². The molecule has 180 valence electrons. The molecule has 0 aliphatic carbocycles. The molecule has 34 heavy (non-hydrogen) atoms. The minimum atomic E-state index is -0.438. The monoisotopic (exact) mass is 463 g/mol. The van der Waals surface area contributed by atoms with Crippen LogP contribution in [0.2, 0.25) is 0 Å². The number of carbonyl (C=O) groups is 1. The molecular weight excluding hydrogens is 430 g/mol. The van der Waals surface area contributed by atoms with Crippen molar-refractivity contribution in [2.45, 2.75) is 44.9 Å². The van der Waals surface area contributed by atoms with Crippen molar-refractivity contribution < 1.29 is 19.0 Å². The summed E-state index contributed by atoms with van der Waals surface area (Å²) in [5.74, 6) is 0.367. The topological polar surface area (TPSA) is 63.6 Å². The van der Waals surface area contributed by atoms with Crippen molar-refractivity contribution in [3.05, 3.63) is 64.7 Å². The zero-order valence-electron chi connectivity index (χ0n) is 20.3. The number of amides is 1. The lowest BCUT2D eigenvalue weighted by molar-refractivity contribution is -0.186. The molecule has 2 aromatic rings. The van der Waals surface area contributed by atoms with E-state index in [2.05, 4.69) is 36.9 Å². The third-order valence-electron chi connectivity index (χ3n) is 7.15. The first-order valence-electron chi connectivity index (χ1n) is 12.1. The first-order chi connectivity index (χ1) is 16.5. The third kappa shape index (κ3) is 4.60. The Morgan fingerprint density at radius 2 is 1.88 bits per heavy atom. The standard InChI is InChI=1S/C27H33N3O4/c1-19-7-8-20(2)23(15-19)25-17-24(21-5-4-6-22(16-21)32-3)28-30(25)26(31)18-29-11-9-27(10-12-29)33-13-14-34-27/h4-8,15-16,25H,9-14,17-18H2,1-3H3/t25-/m1/s1. The molecule has 2 fully saturated rings. The fourth-order valence-electron chi connectivity index (χ4n) is 5.18. The second-order valence-electron chi connectivity index (χ2n) is 9.48. The van der Waals surface area contributed by atoms with Crippen molar-refractivity contribution in [3.8, 4) is 5.75 Å². The van der Waals surface area contributed by atoms with Crippen LogP contribution in [0.1, 0.15) is 47.6 Å². The van der Waals surface area contributed by atoms with Gasteiger partial charge in [-0.1, -0.05) is 35.9 Å². The van der Waals surface area contributed by atoms with Gasteiger partial charge in [0, 0.05) is 37.9 Å². The second-order valence-corrected chi connectivity index (χ2v) is 9.48. The van der Waals surface area contributed by atoms with Gasteiger partial charge in [0.25, 0.3) is 5.91 Å². The highest BCUT2D eigenvalue weighted by molar-refractivity contribution is 6.03. The number of rotatable bonds is 5. The maximum atomic E-state index is 13.6. The van der Waals surface area contributed by atoms with E-state index in [1.165, 1.54) is 11.1 Å². The van der Waals surface area contributed by atoms with Crippen LogP contribution in [0.5, 0.6) is 5.75 Å². The van der Waals surface area contributed by atoms with Gasteiger partial charge in [0.15, 0.2) is 5.79 Å². The number of nitrogens with zero attached hydrogens (tertiary/aromatic N) is 3. The van der Waals surface area contributed by atoms with Crippen molar-refractivity contribution >= 4 is 11.6 Å². The van der Waals surface area contributed by atoms with E-state index in [1.807, 2.05) is 24.3 Å². The van der Waals surface area contributed by atoms with Crippen molar-refractivity contribution in [1.29, 1.82) is 0 Å². The molecule has 1 spiro atoms. The van der Waals surface area contributed by atoms with Crippen molar-refractivity contribution in [1.82, 2.24) is 9.91 Å². The van der Waals surface area contributed by atoms with Crippen LogP contribution in [-0.4, -0.2) is 67.3 Å². The highest BCUT2D eigenvalue weighted by Crippen LogP contribution is 2.36. The third-order valence-corrected chi connectivity index (χ3v) is 7.15. The molecule has 0 bridgehead atoms. The summed E-state index contributed by atoms with van der Waals surface area (Å²) in [7, 11) is 1.66. The van der Waals surface area contributed by atoms with Gasteiger partial charge in [-0.05, 0) is 37.1 Å². The Balaban J connectivity index is 1.38. The molecule has 0 aromatic heterocycles. The van der Waals surface area contributed by atoms with Crippen LogP contribution >= 0.6 is 0 Å². The Hall–Kier alpha value is -2.74. The summed E-state index contributed by atoms with van der Waals surface area (Å²) in [5, 5.41) is 6.58. The van der Waals surface area contributed by atoms with Crippen LogP contribution in [-0.2, 0) is 14.3 Å². The summed E-state index contributed by atoms with van der Waals surface area (Å²) in [4.78, 5) is 15.8. The van der Waals surface area contributed by atoms with Crippen molar-refractivity contribution in [2.75, 3.05) is 40.0 Å². The lowest BCUT2D eigenvalue weighted by atomic mass is 9.94. The van der Waals surface area contributed by atoms with Crippen molar-refractivity contribution in [3.63, 3.8) is 0 Å². The van der Waals surface area contributed by atoms with E-state index in [1.54, 1.807) is 12.1 Å². The van der Waals surface area contributed by atoms with E-state index in [0.717, 1.165) is 48.5 Å². The summed E-state index contributed by atoms with van der Waals surface area (Å²) >= 11 is 0. The fraction of sp³-hybridized carbons (Fsp3) is 0.481. The zero-order valence-corrected chi connectivity index (χ0v) is 20.3. The van der Waals surface area contributed by atoms with Gasteiger partial charge in [-0.25, -0.2) is 5.01 Å². The molecule has 0 N–H and O–H groups in total. The highest BCUT2D eigenvalue weighted by Gasteiger charge is 2.41. The number of likely N-dealkylation sites (tertiary alicyclic amines) is 1. The molecule has 3 aliphatic heterocycles. The van der Waals surface area contributed by atoms with Crippen LogP contribution in [0.4, 0.5) is 0 Å². The minimum absolute atomic E-state index is 0.0213. The van der Waals surface area contributed by atoms with Gasteiger partial charge in [0.2, 0.25) is 0 Å². The summed E-state index contributed by atoms with van der Waals surface area (Å²) in [6.07, 6.45) is 2.26. The molecule has 5 rings (SSSR count). The second kappa shape index (κ2) is 9.49. The first kappa shape index (κ1) is 23.0. The Morgan fingerprint density at radius 3 is 2.62 bits per heavy atom. The number of piperidine rings is 1. The molecule has 7 heteroatoms. The maximum Gasteiger partial charge on any atom is 0.257 e. The van der Waals surface area contributed by atoms with Gasteiger partial charge >= 0.3 is 0 Å². The summed E-state index contributed by atoms with van der Waals surface area (Å²) < 4.78 is 17.1. The first-order valence-corrected chi connectivity index (χ1v) is 12.1. The SMILES string of the molecule is COc1cccc(C2=NN(C(=O)CN3CCC4(CC3)OCCO4)[C@@H](c3cc(C)ccc3C)C2)c1. The van der Waals surface area contributed by atoms with Gasteiger partial charge in [-0.15, -0.1) is 0 Å². The Kier molecular flexibility index (Phi) is 6.42. The largest absolute Gasteiger partial charge is 0.497 e. The lowest BCUT2D eigenvalue weighted by Gasteiger charge is -2.37. The van der Waals surface area contributed by atoms with Crippen LogP contribution in [0.15, 0.2) is 47.6 Å². The number of ether oxygens (including phenoxy) is 3. The van der Waals surface area contributed by atoms with Gasteiger partial charge in [-0.3, -0.25) is 9.69 Å². The Labute approximate surface area is 201 Å². The maximum absolute atomic E-state index is 13.6. The number of aryl methyl sites for hydroxylation is 2. The average molecular weight is 464 g/mol. The molecule has 3 aliphatic rings. The van der Waals surface area contributed by atoms with Crippen LogP contribution in [0, 0.1) is 13.8 Å². The molecule has 7 nitrogen and oxygen atoms in total. The molecule has 2 aromatic carbocycles. The van der Waals surface area contributed by atoms with Crippen LogP contribution in [0.3, 0.4) is 0 Å². The smallest absolute Gasteiger partial charge is 0.257 e. The molecule has 1 amide bonds. The van der Waals surface area contributed by atoms with Gasteiger partial charge in [0.05, 0.1) is 38.6 Å². The number of benzene rings is 2. The molecule has 1 atom stereocenters. The summed E-state index contributed by atoms with van der Waals surface area (Å²) in [6.45, 7) is 7.40. The van der Waals surface area contributed by atoms with Gasteiger partial charge < -0.3 is 14.2 Å². The molecule has 0 saturated carbocycles. The highest BCUT2D eigenvalue weighted by atomic mass is 16.7. The molecule has 0 unspecified atom stereocenters. The number of hydrazone groups is 1. The fourth-order valence-corrected chi connectivity index (χ4v) is 5.18. The minimum Gasteiger partial charge on any atom is -0.497 e. The Bertz CT molecular complexity index is 1080. The normalized spacial score (nSPS) is 22.3. The predicted octanol–water partition coefficient (Wildman–Crippen LogP) is 3.83. The summed E-state index contributed by atoms with van der Waals surface area (Å²) in [5.41, 5.74) is 5.40. The van der Waals surface area contributed by atoms with Crippen LogP contribution < -0.4 is 4.74 Å². The lowest BCUT2D eigenvalue weighted by Crippen LogP contribution is -2.48. The Morgan fingerprint density at radius 1 is 1.12 bits per heavy atom. The van der Waals surface area contributed by atoms with Gasteiger partial charge in [-0.2, -0.15) is 5.10 Å². The zero-order chi connectivity index (χ0) is 23.7. The van der Waals surface area contributed by atoms with Crippen LogP contribution in [0.25, 0.3) is 0 Å². The van der Waals surface area contributed by atoms with Gasteiger partial charge in [0.1, 0.15) is 5.75 Å².